The van der Waals surface area contributed by atoms with E-state index >= 15 is 0 Å². The van der Waals surface area contributed by atoms with Crippen molar-refractivity contribution in [3.05, 3.63) is 59.2 Å². The third kappa shape index (κ3) is 6.03. The number of nitrogens with one attached hydrogen (secondary N) is 1. The molecule has 2 aromatic rings. The molecule has 0 bridgehead atoms. The Morgan fingerprint density at radius 1 is 1.08 bits per heavy atom. The van der Waals surface area contributed by atoms with E-state index < -0.39 is 0 Å². The number of ketones is 1. The third-order valence-corrected chi connectivity index (χ3v) is 4.29. The van der Waals surface area contributed by atoms with Gasteiger partial charge < -0.3 is 4.74 Å². The van der Waals surface area contributed by atoms with Crippen molar-refractivity contribution in [2.45, 2.75) is 46.5 Å². The number of aryl methyl sites for hydroxylation is 2. The molecule has 2 rings (SSSR count). The number of hydrazone groups is 1. The fourth-order valence-electron chi connectivity index (χ4n) is 2.55. The molecular formula is C22H28N2O2. The summed E-state index contributed by atoms with van der Waals surface area (Å²) in [6.07, 6.45) is 5.85. The van der Waals surface area contributed by atoms with Crippen LogP contribution in [0.1, 0.15) is 54.1 Å². The SMILES string of the molecule is CCCCCCOc1ccccc1C(=O)/C=N/Nc1ccc(C)c(C)c1. The van der Waals surface area contributed by atoms with Crippen LogP contribution in [0, 0.1) is 13.8 Å². The molecule has 0 aliphatic carbocycles. The standard InChI is InChI=1S/C22H28N2O2/c1-4-5-6-9-14-26-22-11-8-7-10-20(22)21(25)16-23-24-19-13-12-17(2)18(3)15-19/h7-8,10-13,15-16,24H,4-6,9,14H2,1-3H3/b23-16+. The van der Waals surface area contributed by atoms with Gasteiger partial charge in [0.25, 0.3) is 0 Å². The molecule has 1 N–H and O–H groups in total. The number of carbonyl (C=O) groups excluding carboxylic acids is 1. The fourth-order valence-corrected chi connectivity index (χ4v) is 2.55. The quantitative estimate of drug-likeness (QED) is 0.264. The monoisotopic (exact) mass is 352 g/mol. The molecule has 0 spiro atoms. The lowest BCUT2D eigenvalue weighted by Gasteiger charge is -2.09. The van der Waals surface area contributed by atoms with Crippen molar-refractivity contribution in [2.75, 3.05) is 12.0 Å². The second kappa shape index (κ2) is 10.4. The predicted octanol–water partition coefficient (Wildman–Crippen LogP) is 5.54. The van der Waals surface area contributed by atoms with Crippen LogP contribution in [0.3, 0.4) is 0 Å². The van der Waals surface area contributed by atoms with Gasteiger partial charge in [0.15, 0.2) is 0 Å². The van der Waals surface area contributed by atoms with Crippen LogP contribution in [0.2, 0.25) is 0 Å². The Hall–Kier alpha value is -2.62. The van der Waals surface area contributed by atoms with Crippen molar-refractivity contribution >= 4 is 17.7 Å². The maximum atomic E-state index is 12.4. The lowest BCUT2D eigenvalue weighted by atomic mass is 10.1. The highest BCUT2D eigenvalue weighted by atomic mass is 16.5. The third-order valence-electron chi connectivity index (χ3n) is 4.29. The van der Waals surface area contributed by atoms with Gasteiger partial charge in [-0.3, -0.25) is 10.2 Å². The van der Waals surface area contributed by atoms with E-state index in [0.717, 1.165) is 18.5 Å². The zero-order valence-corrected chi connectivity index (χ0v) is 15.9. The highest BCUT2D eigenvalue weighted by Gasteiger charge is 2.10. The van der Waals surface area contributed by atoms with Gasteiger partial charge in [-0.1, -0.05) is 44.4 Å². The van der Waals surface area contributed by atoms with E-state index in [1.54, 1.807) is 6.07 Å². The molecule has 0 saturated carbocycles. The van der Waals surface area contributed by atoms with Crippen molar-refractivity contribution < 1.29 is 9.53 Å². The second-order valence-corrected chi connectivity index (χ2v) is 6.44. The minimum Gasteiger partial charge on any atom is -0.493 e. The van der Waals surface area contributed by atoms with Gasteiger partial charge >= 0.3 is 0 Å². The number of benzene rings is 2. The zero-order chi connectivity index (χ0) is 18.8. The second-order valence-electron chi connectivity index (χ2n) is 6.44. The molecule has 0 amide bonds. The van der Waals surface area contributed by atoms with Crippen molar-refractivity contribution in [3.8, 4) is 5.75 Å². The number of carbonyl (C=O) groups is 1. The number of hydrogen-bond acceptors (Lipinski definition) is 4. The summed E-state index contributed by atoms with van der Waals surface area (Å²) >= 11 is 0. The molecule has 0 radical (unpaired) electrons. The number of anilines is 1. The molecule has 0 heterocycles. The van der Waals surface area contributed by atoms with Crippen LogP contribution in [-0.2, 0) is 0 Å². The number of hydrogen-bond donors (Lipinski definition) is 1. The van der Waals surface area contributed by atoms with Gasteiger partial charge in [0.1, 0.15) is 5.75 Å². The van der Waals surface area contributed by atoms with E-state index in [-0.39, 0.29) is 5.78 Å². The van der Waals surface area contributed by atoms with E-state index in [1.165, 1.54) is 30.2 Å². The van der Waals surface area contributed by atoms with E-state index in [2.05, 4.69) is 24.4 Å². The highest BCUT2D eigenvalue weighted by Crippen LogP contribution is 2.19. The Labute approximate surface area is 156 Å². The van der Waals surface area contributed by atoms with E-state index in [4.69, 9.17) is 4.74 Å². The van der Waals surface area contributed by atoms with Crippen molar-refractivity contribution in [3.63, 3.8) is 0 Å². The van der Waals surface area contributed by atoms with Crippen LogP contribution < -0.4 is 10.2 Å². The molecule has 0 aliphatic heterocycles. The molecule has 0 saturated heterocycles. The summed E-state index contributed by atoms with van der Waals surface area (Å²) in [6.45, 7) is 6.91. The first-order chi connectivity index (χ1) is 12.6. The maximum absolute atomic E-state index is 12.4. The minimum atomic E-state index is -0.175. The summed E-state index contributed by atoms with van der Waals surface area (Å²) in [4.78, 5) is 12.4. The summed E-state index contributed by atoms with van der Waals surface area (Å²) in [5.74, 6) is 0.442. The van der Waals surface area contributed by atoms with Gasteiger partial charge in [-0.15, -0.1) is 0 Å². The van der Waals surface area contributed by atoms with Crippen LogP contribution in [0.15, 0.2) is 47.6 Å². The number of para-hydroxylation sites is 1. The molecule has 0 fully saturated rings. The Kier molecular flexibility index (Phi) is 7.87. The van der Waals surface area contributed by atoms with Crippen LogP contribution in [0.4, 0.5) is 5.69 Å². The molecule has 0 unspecified atom stereocenters. The zero-order valence-electron chi connectivity index (χ0n) is 15.9. The Bertz CT molecular complexity index is 754. The van der Waals surface area contributed by atoms with Gasteiger partial charge in [0.05, 0.1) is 24.1 Å². The first kappa shape index (κ1) is 19.7. The normalized spacial score (nSPS) is 10.9. The molecule has 4 nitrogen and oxygen atoms in total. The van der Waals surface area contributed by atoms with Crippen molar-refractivity contribution in [2.24, 2.45) is 5.10 Å². The Morgan fingerprint density at radius 2 is 1.88 bits per heavy atom. The van der Waals surface area contributed by atoms with Crippen LogP contribution in [0.5, 0.6) is 5.75 Å². The topological polar surface area (TPSA) is 50.7 Å². The van der Waals surface area contributed by atoms with Gasteiger partial charge in [-0.25, -0.2) is 0 Å². The smallest absolute Gasteiger partial charge is 0.209 e. The number of rotatable bonds is 10. The van der Waals surface area contributed by atoms with E-state index in [9.17, 15) is 4.79 Å². The van der Waals surface area contributed by atoms with Crippen molar-refractivity contribution in [1.29, 1.82) is 0 Å². The summed E-state index contributed by atoms with van der Waals surface area (Å²) in [7, 11) is 0. The summed E-state index contributed by atoms with van der Waals surface area (Å²) in [5, 5.41) is 4.07. The Morgan fingerprint density at radius 3 is 2.65 bits per heavy atom. The molecule has 0 aliphatic rings. The van der Waals surface area contributed by atoms with Crippen LogP contribution in [-0.4, -0.2) is 18.6 Å². The van der Waals surface area contributed by atoms with E-state index in [0.29, 0.717) is 17.9 Å². The predicted molar refractivity (Wildman–Crippen MR) is 108 cm³/mol. The van der Waals surface area contributed by atoms with Crippen LogP contribution >= 0.6 is 0 Å². The van der Waals surface area contributed by atoms with E-state index in [1.807, 2.05) is 43.3 Å². The first-order valence-corrected chi connectivity index (χ1v) is 9.24. The summed E-state index contributed by atoms with van der Waals surface area (Å²) in [6, 6.07) is 13.3. The molecule has 0 aromatic heterocycles. The van der Waals surface area contributed by atoms with Gasteiger partial charge in [0, 0.05) is 0 Å². The molecule has 0 atom stereocenters. The maximum Gasteiger partial charge on any atom is 0.209 e. The van der Waals surface area contributed by atoms with Crippen LogP contribution in [0.25, 0.3) is 0 Å². The molecule has 2 aromatic carbocycles. The first-order valence-electron chi connectivity index (χ1n) is 9.24. The van der Waals surface area contributed by atoms with Gasteiger partial charge in [-0.2, -0.15) is 5.10 Å². The lowest BCUT2D eigenvalue weighted by molar-refractivity contribution is 0.106. The molecule has 26 heavy (non-hydrogen) atoms. The summed E-state index contributed by atoms with van der Waals surface area (Å²) < 4.78 is 5.80. The number of ether oxygens (including phenoxy) is 1. The average Bonchev–Trinajstić information content (AvgIpc) is 2.64. The van der Waals surface area contributed by atoms with Crippen molar-refractivity contribution in [1.82, 2.24) is 0 Å². The van der Waals surface area contributed by atoms with Gasteiger partial charge in [0.2, 0.25) is 5.78 Å². The highest BCUT2D eigenvalue weighted by molar-refractivity contribution is 6.36. The largest absolute Gasteiger partial charge is 0.493 e. The minimum absolute atomic E-state index is 0.175. The number of unbranched alkanes of at least 4 members (excludes halogenated alkanes) is 3. The van der Waals surface area contributed by atoms with Gasteiger partial charge in [-0.05, 0) is 55.7 Å². The Balaban J connectivity index is 1.94. The molecule has 138 valence electrons. The average molecular weight is 352 g/mol. The number of Topliss-reactive ketones (excluding diaryl/α,β-unsaturated/α-hetero) is 1. The fraction of sp³-hybridized carbons (Fsp3) is 0.364. The molecular weight excluding hydrogens is 324 g/mol. The number of nitrogens with zero attached hydrogens (tertiary/aromatic N) is 1. The molecule has 4 heteroatoms. The summed E-state index contributed by atoms with van der Waals surface area (Å²) in [5.41, 5.74) is 6.70. The lowest BCUT2D eigenvalue weighted by Crippen LogP contribution is -2.07.